The van der Waals surface area contributed by atoms with Crippen molar-refractivity contribution < 1.29 is 0 Å². The molecule has 2 rings (SSSR count). The molecule has 0 spiro atoms. The van der Waals surface area contributed by atoms with Crippen LogP contribution in [0.3, 0.4) is 0 Å². The minimum Gasteiger partial charge on any atom is -0.0844 e. The van der Waals surface area contributed by atoms with E-state index in [9.17, 15) is 0 Å². The highest BCUT2D eigenvalue weighted by Crippen LogP contribution is 2.45. The number of hydrogen-bond acceptors (Lipinski definition) is 3. The molecule has 0 fully saturated rings. The smallest absolute Gasteiger partial charge is 0.0844 e. The quantitative estimate of drug-likeness (QED) is 0.440. The van der Waals surface area contributed by atoms with Crippen molar-refractivity contribution in [2.45, 2.75) is 0 Å². The molecule has 0 nitrogen and oxygen atoms in total. The fourth-order valence-electron chi connectivity index (χ4n) is 0.632. The standard InChI is InChI=1S/C6H4S4/c1-2-8-5(7-1)6-9-3-4-10-6/h1-4H/p+1. The highest BCUT2D eigenvalue weighted by molar-refractivity contribution is 8.30. The van der Waals surface area contributed by atoms with E-state index in [1.54, 1.807) is 0 Å². The number of hydrogen-bond donors (Lipinski definition) is 0. The Balaban J connectivity index is 2.14. The first-order valence-electron chi connectivity index (χ1n) is 2.72. The third kappa shape index (κ3) is 1.44. The van der Waals surface area contributed by atoms with Crippen molar-refractivity contribution >= 4 is 47.0 Å². The van der Waals surface area contributed by atoms with Gasteiger partial charge in [-0.3, -0.25) is 0 Å². The van der Waals surface area contributed by atoms with Crippen LogP contribution in [0.2, 0.25) is 0 Å². The lowest BCUT2D eigenvalue weighted by molar-refractivity contribution is 2.37. The second-order valence-electron chi connectivity index (χ2n) is 1.63. The first-order valence-corrected chi connectivity index (χ1v) is 6.32. The highest BCUT2D eigenvalue weighted by Gasteiger charge is 2.19. The lowest BCUT2D eigenvalue weighted by Gasteiger charge is -1.90. The van der Waals surface area contributed by atoms with Gasteiger partial charge in [-0.25, -0.2) is 0 Å². The number of rotatable bonds is 0. The van der Waals surface area contributed by atoms with E-state index < -0.39 is 0 Å². The van der Waals surface area contributed by atoms with Crippen LogP contribution in [0.5, 0.6) is 0 Å². The fourth-order valence-corrected chi connectivity index (χ4v) is 4.85. The zero-order valence-corrected chi connectivity index (χ0v) is 8.33. The predicted octanol–water partition coefficient (Wildman–Crippen LogP) is 3.10. The van der Waals surface area contributed by atoms with Gasteiger partial charge in [0.25, 0.3) is 0 Å². The Morgan fingerprint density at radius 1 is 1.00 bits per heavy atom. The Morgan fingerprint density at radius 2 is 1.80 bits per heavy atom. The summed E-state index contributed by atoms with van der Waals surface area (Å²) in [5.41, 5.74) is 0. The van der Waals surface area contributed by atoms with Crippen molar-refractivity contribution in [3.8, 4) is 0 Å². The van der Waals surface area contributed by atoms with Gasteiger partial charge in [0.1, 0.15) is 9.65 Å². The van der Waals surface area contributed by atoms with Crippen LogP contribution < -0.4 is 0 Å². The second kappa shape index (κ2) is 3.34. The summed E-state index contributed by atoms with van der Waals surface area (Å²) >= 11 is 6.88. The molecule has 0 aliphatic carbocycles. The molecular formula is C6H5S4+. The van der Waals surface area contributed by atoms with E-state index in [1.807, 2.05) is 35.3 Å². The van der Waals surface area contributed by atoms with Crippen LogP contribution in [0.4, 0.5) is 0 Å². The molecule has 0 unspecified atom stereocenters. The molecule has 0 radical (unpaired) electrons. The predicted molar refractivity (Wildman–Crippen MR) is 56.8 cm³/mol. The van der Waals surface area contributed by atoms with E-state index in [0.29, 0.717) is 0 Å². The zero-order valence-electron chi connectivity index (χ0n) is 4.98. The van der Waals surface area contributed by atoms with Crippen molar-refractivity contribution in [2.75, 3.05) is 0 Å². The lowest BCUT2D eigenvalue weighted by atomic mass is 11.2. The average Bonchev–Trinajstić information content (AvgIpc) is 2.59. The van der Waals surface area contributed by atoms with Crippen LogP contribution in [0.25, 0.3) is 0 Å². The van der Waals surface area contributed by atoms with Gasteiger partial charge in [-0.2, -0.15) is 0 Å². The molecule has 2 heterocycles. The monoisotopic (exact) mass is 205 g/mol. The van der Waals surface area contributed by atoms with Crippen molar-refractivity contribution in [2.24, 2.45) is 0 Å². The van der Waals surface area contributed by atoms with Crippen LogP contribution >= 0.6 is 35.3 Å². The first-order chi connectivity index (χ1) is 4.97. The van der Waals surface area contributed by atoms with Crippen molar-refractivity contribution in [3.05, 3.63) is 30.1 Å². The van der Waals surface area contributed by atoms with Crippen LogP contribution in [0.1, 0.15) is 0 Å². The van der Waals surface area contributed by atoms with Crippen LogP contribution in [-0.2, 0) is 11.8 Å². The van der Waals surface area contributed by atoms with Gasteiger partial charge in [0, 0.05) is 17.2 Å². The molecule has 0 saturated heterocycles. The van der Waals surface area contributed by atoms with E-state index in [4.69, 9.17) is 0 Å². The van der Waals surface area contributed by atoms with Gasteiger partial charge in [0.15, 0.2) is 0 Å². The maximum absolute atomic E-state index is 2.19. The normalized spacial score (nSPS) is 23.2. The molecule has 0 bridgehead atoms. The van der Waals surface area contributed by atoms with Crippen LogP contribution in [0, 0.1) is 0 Å². The Kier molecular flexibility index (Phi) is 2.43. The van der Waals surface area contributed by atoms with E-state index in [2.05, 4.69) is 21.6 Å². The minimum atomic E-state index is 1.37. The first kappa shape index (κ1) is 7.28. The molecule has 2 aliphatic heterocycles. The lowest BCUT2D eigenvalue weighted by Crippen LogP contribution is -1.71. The third-order valence-electron chi connectivity index (χ3n) is 1.01. The van der Waals surface area contributed by atoms with E-state index >= 15 is 0 Å². The molecule has 2 aliphatic rings. The van der Waals surface area contributed by atoms with Crippen LogP contribution in [0.15, 0.2) is 30.1 Å². The molecular weight excluding hydrogens is 200 g/mol. The van der Waals surface area contributed by atoms with Gasteiger partial charge in [0.2, 0.25) is 4.24 Å². The summed E-state index contributed by atoms with van der Waals surface area (Å²) < 4.78 is 2.94. The summed E-state index contributed by atoms with van der Waals surface area (Å²) in [6.07, 6.45) is 0. The highest BCUT2D eigenvalue weighted by atomic mass is 32.2. The van der Waals surface area contributed by atoms with Gasteiger partial charge in [0.05, 0.1) is 0 Å². The maximum atomic E-state index is 2.19. The average molecular weight is 205 g/mol. The topological polar surface area (TPSA) is 0 Å². The molecule has 4 heteroatoms. The molecule has 0 N–H and O–H groups in total. The SMILES string of the molecule is C1=CSC(=C2SC=C[SH+]2)S1. The fraction of sp³-hybridized carbons (Fsp3) is 0. The maximum Gasteiger partial charge on any atom is 0.216 e. The molecule has 10 heavy (non-hydrogen) atoms. The van der Waals surface area contributed by atoms with E-state index in [0.717, 1.165) is 0 Å². The summed E-state index contributed by atoms with van der Waals surface area (Å²) in [6.45, 7) is 0. The number of thiol groups is 1. The van der Waals surface area contributed by atoms with Crippen molar-refractivity contribution in [1.82, 2.24) is 0 Å². The molecule has 0 aromatic carbocycles. The molecule has 0 aromatic heterocycles. The molecule has 52 valence electrons. The Hall–Kier alpha value is 0.620. The summed E-state index contributed by atoms with van der Waals surface area (Å²) in [6, 6.07) is 0. The molecule has 0 atom stereocenters. The Bertz CT molecular complexity index is 182. The van der Waals surface area contributed by atoms with Gasteiger partial charge < -0.3 is 0 Å². The molecule has 0 saturated carbocycles. The Labute approximate surface area is 77.0 Å². The van der Waals surface area contributed by atoms with E-state index in [1.165, 1.54) is 20.2 Å². The second-order valence-corrected chi connectivity index (χ2v) is 5.95. The summed E-state index contributed by atoms with van der Waals surface area (Å²) in [4.78, 5) is 0. The van der Waals surface area contributed by atoms with Crippen molar-refractivity contribution in [3.63, 3.8) is 0 Å². The zero-order chi connectivity index (χ0) is 6.81. The van der Waals surface area contributed by atoms with E-state index in [-0.39, 0.29) is 0 Å². The van der Waals surface area contributed by atoms with Gasteiger partial charge >= 0.3 is 0 Å². The number of thioether (sulfide) groups is 3. The Morgan fingerprint density at radius 3 is 2.40 bits per heavy atom. The minimum absolute atomic E-state index is 1.37. The van der Waals surface area contributed by atoms with Crippen LogP contribution in [-0.4, -0.2) is 0 Å². The summed E-state index contributed by atoms with van der Waals surface area (Å²) in [7, 11) is 0. The molecule has 0 aromatic rings. The van der Waals surface area contributed by atoms with Gasteiger partial charge in [-0.15, -0.1) is 0 Å². The summed E-state index contributed by atoms with van der Waals surface area (Å²) in [5.74, 6) is 0. The largest absolute Gasteiger partial charge is 0.216 e. The molecule has 0 amide bonds. The van der Waals surface area contributed by atoms with Gasteiger partial charge in [-0.1, -0.05) is 23.5 Å². The van der Waals surface area contributed by atoms with Gasteiger partial charge in [-0.05, 0) is 22.6 Å². The third-order valence-corrected chi connectivity index (χ3v) is 5.99. The van der Waals surface area contributed by atoms with Crippen molar-refractivity contribution in [1.29, 1.82) is 0 Å². The summed E-state index contributed by atoms with van der Waals surface area (Å²) in [5, 5.41) is 8.62.